The van der Waals surface area contributed by atoms with Gasteiger partial charge in [-0.15, -0.1) is 0 Å². The minimum absolute atomic E-state index is 0.583. The lowest BCUT2D eigenvalue weighted by atomic mass is 10.6. The second-order valence-electron chi connectivity index (χ2n) is 1.76. The fourth-order valence-corrected chi connectivity index (χ4v) is 0.0962. The van der Waals surface area contributed by atoms with Gasteiger partial charge in [0, 0.05) is 0 Å². The van der Waals surface area contributed by atoms with Gasteiger partial charge in [0.1, 0.15) is 0 Å². The van der Waals surface area contributed by atoms with Gasteiger partial charge in [0.15, 0.2) is 0 Å². The number of hydrogen-bond acceptors (Lipinski definition) is 2. The van der Waals surface area contributed by atoms with Gasteiger partial charge < -0.3 is 9.47 Å². The number of hydrogen-bond donors (Lipinski definition) is 0. The predicted molar refractivity (Wildman–Crippen MR) is 26.2 cm³/mol. The molecule has 0 aromatic rings. The number of epoxide rings is 2. The predicted octanol–water partition coefficient (Wildman–Crippen LogP) is 0.422. The molecule has 0 aliphatic carbocycles. The Morgan fingerprint density at radius 3 is 1.71 bits per heavy atom. The van der Waals surface area contributed by atoms with E-state index in [2.05, 4.69) is 11.7 Å². The van der Waals surface area contributed by atoms with Crippen LogP contribution in [0.5, 0.6) is 0 Å². The molecule has 2 aliphatic rings. The first-order valence-electron chi connectivity index (χ1n) is 2.59. The Kier molecular flexibility index (Phi) is 1.65. The summed E-state index contributed by atoms with van der Waals surface area (Å²) in [4.78, 5) is 0. The largest absolute Gasteiger partial charge is 0.377 e. The highest BCUT2D eigenvalue weighted by molar-refractivity contribution is 4.58. The van der Waals surface area contributed by atoms with Gasteiger partial charge in [-0.25, -0.2) is 0 Å². The molecule has 7 heavy (non-hydrogen) atoms. The van der Waals surface area contributed by atoms with Gasteiger partial charge in [-0.05, 0) is 6.92 Å². The van der Waals surface area contributed by atoms with E-state index in [0.29, 0.717) is 6.10 Å². The standard InChI is InChI=1S/C3H6O.C2H4O/c1-3-2-4-3;1-2-3-1/h3H,2H2,1H3;1-2H2. The van der Waals surface area contributed by atoms with E-state index in [1.807, 2.05) is 0 Å². The van der Waals surface area contributed by atoms with E-state index in [0.717, 1.165) is 19.8 Å². The van der Waals surface area contributed by atoms with Crippen LogP contribution in [0.3, 0.4) is 0 Å². The van der Waals surface area contributed by atoms with Crippen LogP contribution in [-0.4, -0.2) is 25.9 Å². The van der Waals surface area contributed by atoms with E-state index < -0.39 is 0 Å². The average molecular weight is 102 g/mol. The van der Waals surface area contributed by atoms with E-state index >= 15 is 0 Å². The highest BCUT2D eigenvalue weighted by Crippen LogP contribution is 2.04. The zero-order chi connectivity index (χ0) is 5.11. The first-order valence-corrected chi connectivity index (χ1v) is 2.59. The lowest BCUT2D eigenvalue weighted by Crippen LogP contribution is -1.60. The molecule has 2 saturated heterocycles. The summed E-state index contributed by atoms with van der Waals surface area (Å²) in [5.74, 6) is 0. The second kappa shape index (κ2) is 2.28. The molecular formula is C5H10O2. The lowest BCUT2D eigenvalue weighted by molar-refractivity contribution is 0.423. The topological polar surface area (TPSA) is 25.1 Å². The molecule has 0 aromatic heterocycles. The molecule has 42 valence electrons. The maximum atomic E-state index is 4.71. The number of rotatable bonds is 0. The lowest BCUT2D eigenvalue weighted by Gasteiger charge is -1.50. The van der Waals surface area contributed by atoms with E-state index in [-0.39, 0.29) is 0 Å². The molecule has 1 unspecified atom stereocenters. The Balaban J connectivity index is 0.0000000729. The van der Waals surface area contributed by atoms with E-state index in [1.165, 1.54) is 0 Å². The van der Waals surface area contributed by atoms with Crippen LogP contribution in [0.2, 0.25) is 0 Å². The van der Waals surface area contributed by atoms with Gasteiger partial charge in [-0.2, -0.15) is 0 Å². The van der Waals surface area contributed by atoms with E-state index in [9.17, 15) is 0 Å². The minimum atomic E-state index is 0.583. The van der Waals surface area contributed by atoms with Crippen molar-refractivity contribution in [3.63, 3.8) is 0 Å². The third kappa shape index (κ3) is 5.92. The van der Waals surface area contributed by atoms with Crippen LogP contribution in [0.1, 0.15) is 6.92 Å². The van der Waals surface area contributed by atoms with Crippen molar-refractivity contribution >= 4 is 0 Å². The molecule has 2 nitrogen and oxygen atoms in total. The van der Waals surface area contributed by atoms with Gasteiger partial charge in [-0.1, -0.05) is 0 Å². The molecule has 2 heterocycles. The van der Waals surface area contributed by atoms with Crippen LogP contribution in [0.25, 0.3) is 0 Å². The molecule has 2 heteroatoms. The highest BCUT2D eigenvalue weighted by Gasteiger charge is 2.13. The summed E-state index contributed by atoms with van der Waals surface area (Å²) < 4.78 is 9.21. The smallest absolute Gasteiger partial charge is 0.0781 e. The third-order valence-electron chi connectivity index (χ3n) is 0.704. The van der Waals surface area contributed by atoms with Crippen LogP contribution in [0.15, 0.2) is 0 Å². The van der Waals surface area contributed by atoms with E-state index in [1.54, 1.807) is 0 Å². The van der Waals surface area contributed by atoms with Gasteiger partial charge in [0.2, 0.25) is 0 Å². The van der Waals surface area contributed by atoms with Crippen molar-refractivity contribution in [2.45, 2.75) is 13.0 Å². The molecule has 2 fully saturated rings. The first-order chi connectivity index (χ1) is 3.39. The summed E-state index contributed by atoms with van der Waals surface area (Å²) in [6.45, 7) is 5.04. The molecular weight excluding hydrogens is 92.1 g/mol. The molecule has 0 N–H and O–H groups in total. The summed E-state index contributed by atoms with van der Waals surface area (Å²) in [6.07, 6.45) is 0.583. The Labute approximate surface area is 43.4 Å². The van der Waals surface area contributed by atoms with Gasteiger partial charge in [0.05, 0.1) is 25.9 Å². The first kappa shape index (κ1) is 5.06. The van der Waals surface area contributed by atoms with Crippen LogP contribution >= 0.6 is 0 Å². The average Bonchev–Trinajstić information content (AvgIpc) is 2.27. The van der Waals surface area contributed by atoms with Crippen molar-refractivity contribution in [2.75, 3.05) is 19.8 Å². The number of ether oxygens (including phenoxy) is 2. The summed E-state index contributed by atoms with van der Waals surface area (Å²) in [7, 11) is 0. The molecule has 2 aliphatic heterocycles. The Morgan fingerprint density at radius 2 is 1.71 bits per heavy atom. The zero-order valence-electron chi connectivity index (χ0n) is 4.52. The summed E-state index contributed by atoms with van der Waals surface area (Å²) in [5, 5.41) is 0. The van der Waals surface area contributed by atoms with E-state index in [4.69, 9.17) is 4.74 Å². The van der Waals surface area contributed by atoms with Crippen molar-refractivity contribution < 1.29 is 9.47 Å². The highest BCUT2D eigenvalue weighted by atomic mass is 16.6. The van der Waals surface area contributed by atoms with Crippen LogP contribution in [0, 0.1) is 0 Å². The van der Waals surface area contributed by atoms with Crippen LogP contribution in [-0.2, 0) is 9.47 Å². The van der Waals surface area contributed by atoms with Gasteiger partial charge >= 0.3 is 0 Å². The van der Waals surface area contributed by atoms with Gasteiger partial charge in [0.25, 0.3) is 0 Å². The normalized spacial score (nSPS) is 33.0. The van der Waals surface area contributed by atoms with Crippen LogP contribution in [0.4, 0.5) is 0 Å². The Hall–Kier alpha value is -0.0800. The molecule has 0 bridgehead atoms. The summed E-state index contributed by atoms with van der Waals surface area (Å²) in [5.41, 5.74) is 0. The molecule has 0 aromatic carbocycles. The third-order valence-corrected chi connectivity index (χ3v) is 0.704. The van der Waals surface area contributed by atoms with Crippen molar-refractivity contribution in [1.29, 1.82) is 0 Å². The zero-order valence-corrected chi connectivity index (χ0v) is 4.52. The van der Waals surface area contributed by atoms with Crippen molar-refractivity contribution in [3.05, 3.63) is 0 Å². The Morgan fingerprint density at radius 1 is 1.43 bits per heavy atom. The molecule has 0 radical (unpaired) electrons. The summed E-state index contributed by atoms with van der Waals surface area (Å²) >= 11 is 0. The monoisotopic (exact) mass is 102 g/mol. The summed E-state index contributed by atoms with van der Waals surface area (Å²) in [6, 6.07) is 0. The Bertz CT molecular complexity index is 45.3. The van der Waals surface area contributed by atoms with Crippen molar-refractivity contribution in [3.8, 4) is 0 Å². The maximum absolute atomic E-state index is 4.71. The SMILES string of the molecule is C1CO1.CC1CO1. The van der Waals surface area contributed by atoms with Crippen LogP contribution < -0.4 is 0 Å². The second-order valence-corrected chi connectivity index (χ2v) is 1.76. The molecule has 0 saturated carbocycles. The molecule has 2 rings (SSSR count). The van der Waals surface area contributed by atoms with Crippen molar-refractivity contribution in [1.82, 2.24) is 0 Å². The van der Waals surface area contributed by atoms with Crippen molar-refractivity contribution in [2.24, 2.45) is 0 Å². The molecule has 0 spiro atoms. The molecule has 1 atom stereocenters. The fraction of sp³-hybridized carbons (Fsp3) is 1.00. The van der Waals surface area contributed by atoms with Gasteiger partial charge in [-0.3, -0.25) is 0 Å². The quantitative estimate of drug-likeness (QED) is 0.414. The minimum Gasteiger partial charge on any atom is -0.377 e. The maximum Gasteiger partial charge on any atom is 0.0781 e. The fourth-order valence-electron chi connectivity index (χ4n) is 0.0962. The molecule has 0 amide bonds.